The molecule has 0 bridgehead atoms. The Labute approximate surface area is 80.5 Å². The predicted molar refractivity (Wildman–Crippen MR) is 49.4 cm³/mol. The lowest BCUT2D eigenvalue weighted by Gasteiger charge is -2.16. The molecule has 1 N–H and O–H groups in total. The molecule has 0 aromatic carbocycles. The number of hydrazine groups is 1. The molecule has 1 fully saturated rings. The molecule has 1 aliphatic heterocycles. The van der Waals surface area contributed by atoms with Crippen molar-refractivity contribution in [2.75, 3.05) is 11.6 Å². The van der Waals surface area contributed by atoms with E-state index in [1.807, 2.05) is 0 Å². The number of carbonyl (C=O) groups excluding carboxylic acids is 1. The van der Waals surface area contributed by atoms with E-state index in [2.05, 4.69) is 10.4 Å². The van der Waals surface area contributed by atoms with E-state index in [1.165, 1.54) is 0 Å². The lowest BCUT2D eigenvalue weighted by atomic mass is 10.4. The summed E-state index contributed by atoms with van der Waals surface area (Å²) in [6.45, 7) is 0.621. The highest BCUT2D eigenvalue weighted by Crippen LogP contribution is 2.22. The first-order valence-corrected chi connectivity index (χ1v) is 4.33. The van der Waals surface area contributed by atoms with Crippen LogP contribution < -0.4 is 10.4 Å². The van der Waals surface area contributed by atoms with Crippen LogP contribution in [0.15, 0.2) is 18.3 Å². The summed E-state index contributed by atoms with van der Waals surface area (Å²) in [5, 5.41) is 2.20. The maximum absolute atomic E-state index is 10.9. The molecule has 1 aromatic heterocycles. The molecule has 1 amide bonds. The third-order valence-electron chi connectivity index (χ3n) is 1.82. The number of nitrogens with zero attached hydrogens (tertiary/aromatic N) is 2. The van der Waals surface area contributed by atoms with Gasteiger partial charge in [0.2, 0.25) is 5.91 Å². The average Bonchev–Trinajstić information content (AvgIpc) is 2.53. The van der Waals surface area contributed by atoms with Crippen LogP contribution in [-0.4, -0.2) is 17.4 Å². The van der Waals surface area contributed by atoms with Gasteiger partial charge in [-0.15, -0.1) is 0 Å². The van der Waals surface area contributed by atoms with E-state index in [0.29, 0.717) is 23.8 Å². The number of rotatable bonds is 1. The summed E-state index contributed by atoms with van der Waals surface area (Å²) < 4.78 is 0. The van der Waals surface area contributed by atoms with Gasteiger partial charge in [-0.05, 0) is 12.1 Å². The van der Waals surface area contributed by atoms with E-state index in [1.54, 1.807) is 23.3 Å². The van der Waals surface area contributed by atoms with E-state index < -0.39 is 0 Å². The summed E-state index contributed by atoms with van der Waals surface area (Å²) in [4.78, 5) is 15.0. The molecule has 5 heteroatoms. The van der Waals surface area contributed by atoms with Crippen LogP contribution >= 0.6 is 11.6 Å². The topological polar surface area (TPSA) is 45.2 Å². The highest BCUT2D eigenvalue weighted by Gasteiger charge is 2.20. The normalized spacial score (nSPS) is 16.1. The van der Waals surface area contributed by atoms with Crippen molar-refractivity contribution in [2.45, 2.75) is 6.42 Å². The van der Waals surface area contributed by atoms with Crippen LogP contribution in [0.5, 0.6) is 0 Å². The van der Waals surface area contributed by atoms with E-state index in [4.69, 9.17) is 11.6 Å². The number of halogens is 1. The van der Waals surface area contributed by atoms with Crippen LogP contribution in [0, 0.1) is 0 Å². The fourth-order valence-electron chi connectivity index (χ4n) is 1.21. The van der Waals surface area contributed by atoms with Crippen LogP contribution in [0.2, 0.25) is 5.02 Å². The number of hydrogen-bond donors (Lipinski definition) is 1. The average molecular weight is 198 g/mol. The number of nitrogens with one attached hydrogen (secondary N) is 1. The molecule has 0 unspecified atom stereocenters. The van der Waals surface area contributed by atoms with Crippen molar-refractivity contribution < 1.29 is 4.79 Å². The maximum atomic E-state index is 10.9. The predicted octanol–water partition coefficient (Wildman–Crippen LogP) is 0.976. The second-order valence-electron chi connectivity index (χ2n) is 2.75. The smallest absolute Gasteiger partial charge is 0.240 e. The van der Waals surface area contributed by atoms with Gasteiger partial charge in [-0.25, -0.2) is 4.98 Å². The minimum absolute atomic E-state index is 0.00159. The first-order chi connectivity index (χ1) is 6.27. The van der Waals surface area contributed by atoms with E-state index in [9.17, 15) is 4.79 Å². The van der Waals surface area contributed by atoms with Gasteiger partial charge in [0.05, 0.1) is 11.6 Å². The Kier molecular flexibility index (Phi) is 2.06. The molecule has 0 aliphatic carbocycles. The standard InChI is InChI=1S/C8H8ClN3O/c9-6-2-1-4-10-8(6)12-5-3-7(13)11-12/h1-2,4H,3,5H2,(H,11,13). The molecular formula is C8H8ClN3O. The first-order valence-electron chi connectivity index (χ1n) is 3.95. The number of amides is 1. The Hall–Kier alpha value is -1.29. The number of carbonyl (C=O) groups is 1. The van der Waals surface area contributed by atoms with Crippen molar-refractivity contribution in [3.63, 3.8) is 0 Å². The third-order valence-corrected chi connectivity index (χ3v) is 2.11. The molecule has 0 radical (unpaired) electrons. The zero-order chi connectivity index (χ0) is 9.26. The molecule has 68 valence electrons. The van der Waals surface area contributed by atoms with E-state index in [-0.39, 0.29) is 5.91 Å². The monoisotopic (exact) mass is 197 g/mol. The van der Waals surface area contributed by atoms with Crippen molar-refractivity contribution in [2.24, 2.45) is 0 Å². The summed E-state index contributed by atoms with van der Waals surface area (Å²) in [6.07, 6.45) is 2.14. The van der Waals surface area contributed by atoms with Gasteiger partial charge >= 0.3 is 0 Å². The second-order valence-corrected chi connectivity index (χ2v) is 3.15. The van der Waals surface area contributed by atoms with E-state index in [0.717, 1.165) is 0 Å². The van der Waals surface area contributed by atoms with Crippen LogP contribution in [0.4, 0.5) is 5.82 Å². The third kappa shape index (κ3) is 1.58. The quantitative estimate of drug-likeness (QED) is 0.730. The molecule has 4 nitrogen and oxygen atoms in total. The molecule has 1 aromatic rings. The Bertz CT molecular complexity index is 342. The van der Waals surface area contributed by atoms with Crippen molar-refractivity contribution in [1.82, 2.24) is 10.4 Å². The van der Waals surface area contributed by atoms with Crippen LogP contribution in [-0.2, 0) is 4.79 Å². The SMILES string of the molecule is O=C1CCN(c2ncccc2Cl)N1. The largest absolute Gasteiger partial charge is 0.273 e. The lowest BCUT2D eigenvalue weighted by molar-refractivity contribution is -0.119. The molecule has 1 aliphatic rings. The van der Waals surface area contributed by atoms with Crippen molar-refractivity contribution in [3.05, 3.63) is 23.4 Å². The molecule has 13 heavy (non-hydrogen) atoms. The van der Waals surface area contributed by atoms with Crippen LogP contribution in [0.1, 0.15) is 6.42 Å². The minimum Gasteiger partial charge on any atom is -0.273 e. The molecule has 2 rings (SSSR count). The Morgan fingerprint density at radius 3 is 3.08 bits per heavy atom. The fraction of sp³-hybridized carbons (Fsp3) is 0.250. The molecular weight excluding hydrogens is 190 g/mol. The first kappa shape index (κ1) is 8.31. The summed E-state index contributed by atoms with van der Waals surface area (Å²) in [6, 6.07) is 3.50. The highest BCUT2D eigenvalue weighted by molar-refractivity contribution is 6.32. The summed E-state index contributed by atoms with van der Waals surface area (Å²) in [7, 11) is 0. The van der Waals surface area contributed by atoms with Crippen molar-refractivity contribution in [3.8, 4) is 0 Å². The number of hydrogen-bond acceptors (Lipinski definition) is 3. The van der Waals surface area contributed by atoms with Gasteiger partial charge in [0.1, 0.15) is 0 Å². The highest BCUT2D eigenvalue weighted by atomic mass is 35.5. The van der Waals surface area contributed by atoms with Crippen LogP contribution in [0.25, 0.3) is 0 Å². The Morgan fingerprint density at radius 2 is 2.46 bits per heavy atom. The van der Waals surface area contributed by atoms with Gasteiger partial charge in [-0.1, -0.05) is 11.6 Å². The zero-order valence-corrected chi connectivity index (χ0v) is 7.58. The molecule has 0 atom stereocenters. The van der Waals surface area contributed by atoms with Gasteiger partial charge in [0.15, 0.2) is 5.82 Å². The van der Waals surface area contributed by atoms with Gasteiger partial charge in [-0.3, -0.25) is 15.2 Å². The van der Waals surface area contributed by atoms with Gasteiger partial charge < -0.3 is 0 Å². The molecule has 0 saturated carbocycles. The maximum Gasteiger partial charge on any atom is 0.240 e. The van der Waals surface area contributed by atoms with Crippen LogP contribution in [0.3, 0.4) is 0 Å². The summed E-state index contributed by atoms with van der Waals surface area (Å²) >= 11 is 5.90. The summed E-state index contributed by atoms with van der Waals surface area (Å²) in [5.74, 6) is 0.608. The fourth-order valence-corrected chi connectivity index (χ4v) is 1.43. The lowest BCUT2D eigenvalue weighted by Crippen LogP contribution is -2.33. The Balaban J connectivity index is 2.26. The van der Waals surface area contributed by atoms with Gasteiger partial charge in [-0.2, -0.15) is 0 Å². The van der Waals surface area contributed by atoms with Gasteiger partial charge in [0, 0.05) is 12.6 Å². The van der Waals surface area contributed by atoms with Crippen molar-refractivity contribution >= 4 is 23.3 Å². The van der Waals surface area contributed by atoms with Gasteiger partial charge in [0.25, 0.3) is 0 Å². The summed E-state index contributed by atoms with van der Waals surface area (Å²) in [5.41, 5.74) is 2.66. The minimum atomic E-state index is 0.00159. The number of aromatic nitrogens is 1. The number of anilines is 1. The molecule has 2 heterocycles. The molecule has 1 saturated heterocycles. The second kappa shape index (κ2) is 3.22. The van der Waals surface area contributed by atoms with Crippen molar-refractivity contribution in [1.29, 1.82) is 0 Å². The number of pyridine rings is 1. The molecule has 0 spiro atoms. The Morgan fingerprint density at radius 1 is 1.62 bits per heavy atom. The van der Waals surface area contributed by atoms with E-state index >= 15 is 0 Å². The zero-order valence-electron chi connectivity index (χ0n) is 6.83.